The zero-order valence-electron chi connectivity index (χ0n) is 7.51. The van der Waals surface area contributed by atoms with Crippen molar-refractivity contribution in [3.8, 4) is 12.3 Å². The Morgan fingerprint density at radius 3 is 3.08 bits per heavy atom. The molecule has 0 saturated heterocycles. The maximum Gasteiger partial charge on any atom is 0.133 e. The summed E-state index contributed by atoms with van der Waals surface area (Å²) in [4.78, 5) is 11.2. The lowest BCUT2D eigenvalue weighted by Crippen LogP contribution is -2.04. The van der Waals surface area contributed by atoms with Crippen molar-refractivity contribution in [3.05, 3.63) is 0 Å². The summed E-state index contributed by atoms with van der Waals surface area (Å²) >= 11 is 0. The average molecular weight is 164 g/mol. The van der Waals surface area contributed by atoms with E-state index in [4.69, 9.17) is 6.42 Å². The second kappa shape index (κ2) is 4.98. The Labute approximate surface area is 74.5 Å². The summed E-state index contributed by atoms with van der Waals surface area (Å²) in [6.07, 6.45) is 12.1. The summed E-state index contributed by atoms with van der Waals surface area (Å²) in [7, 11) is 0. The van der Waals surface area contributed by atoms with E-state index in [1.165, 1.54) is 12.8 Å². The van der Waals surface area contributed by atoms with Crippen molar-refractivity contribution in [2.75, 3.05) is 0 Å². The fourth-order valence-corrected chi connectivity index (χ4v) is 1.82. The van der Waals surface area contributed by atoms with Gasteiger partial charge < -0.3 is 0 Å². The van der Waals surface area contributed by atoms with Gasteiger partial charge in [-0.25, -0.2) is 0 Å². The molecule has 0 aromatic rings. The Morgan fingerprint density at radius 2 is 2.33 bits per heavy atom. The van der Waals surface area contributed by atoms with Gasteiger partial charge in [-0.15, -0.1) is 12.3 Å². The molecule has 66 valence electrons. The highest BCUT2D eigenvalue weighted by atomic mass is 16.1. The van der Waals surface area contributed by atoms with Crippen LogP contribution >= 0.6 is 0 Å². The molecule has 1 aliphatic carbocycles. The van der Waals surface area contributed by atoms with Crippen LogP contribution in [0.1, 0.15) is 44.9 Å². The summed E-state index contributed by atoms with van der Waals surface area (Å²) in [6.45, 7) is 0. The van der Waals surface area contributed by atoms with E-state index in [1.54, 1.807) is 0 Å². The number of ketones is 1. The lowest BCUT2D eigenvalue weighted by atomic mass is 9.95. The van der Waals surface area contributed by atoms with E-state index in [9.17, 15) is 4.79 Å². The predicted octanol–water partition coefficient (Wildman–Crippen LogP) is 2.55. The van der Waals surface area contributed by atoms with Gasteiger partial charge in [0.2, 0.25) is 0 Å². The molecule has 0 spiro atoms. The molecule has 0 aromatic heterocycles. The van der Waals surface area contributed by atoms with Gasteiger partial charge in [-0.05, 0) is 25.2 Å². The minimum absolute atomic E-state index is 0.439. The maximum absolute atomic E-state index is 11.2. The highest BCUT2D eigenvalue weighted by Gasteiger charge is 2.16. The summed E-state index contributed by atoms with van der Waals surface area (Å²) in [5.41, 5.74) is 0. The molecule has 1 aliphatic rings. The van der Waals surface area contributed by atoms with Crippen molar-refractivity contribution < 1.29 is 4.79 Å². The molecule has 1 heteroatoms. The Hall–Kier alpha value is -0.770. The van der Waals surface area contributed by atoms with Crippen molar-refractivity contribution in [1.82, 2.24) is 0 Å². The number of hydrogen-bond acceptors (Lipinski definition) is 1. The molecule has 1 rings (SSSR count). The Bertz CT molecular complexity index is 188. The standard InChI is InChI=1S/C11H16O/c1-2-3-6-10-7-4-5-8-11(12)9-10/h1,10H,3-9H2. The SMILES string of the molecule is C#CCCC1CCCCC(=O)C1. The minimum Gasteiger partial charge on any atom is -0.300 e. The number of carbonyl (C=O) groups excluding carboxylic acids is 1. The fourth-order valence-electron chi connectivity index (χ4n) is 1.82. The van der Waals surface area contributed by atoms with E-state index in [0.29, 0.717) is 11.7 Å². The van der Waals surface area contributed by atoms with Crippen LogP contribution in [0.2, 0.25) is 0 Å². The molecule has 12 heavy (non-hydrogen) atoms. The summed E-state index contributed by atoms with van der Waals surface area (Å²) in [5, 5.41) is 0. The molecule has 0 aromatic carbocycles. The molecule has 0 amide bonds. The van der Waals surface area contributed by atoms with Gasteiger partial charge >= 0.3 is 0 Å². The number of rotatable bonds is 2. The summed E-state index contributed by atoms with van der Waals surface area (Å²) in [5.74, 6) is 3.66. The first-order chi connectivity index (χ1) is 5.83. The van der Waals surface area contributed by atoms with Crippen LogP contribution in [-0.2, 0) is 4.79 Å². The monoisotopic (exact) mass is 164 g/mol. The van der Waals surface area contributed by atoms with Gasteiger partial charge in [0.25, 0.3) is 0 Å². The van der Waals surface area contributed by atoms with Gasteiger partial charge in [0.05, 0.1) is 0 Å². The Morgan fingerprint density at radius 1 is 1.50 bits per heavy atom. The number of carbonyl (C=O) groups is 1. The van der Waals surface area contributed by atoms with Gasteiger partial charge in [-0.1, -0.05) is 6.42 Å². The minimum atomic E-state index is 0.439. The first-order valence-corrected chi connectivity index (χ1v) is 4.78. The molecule has 1 nitrogen and oxygen atoms in total. The van der Waals surface area contributed by atoms with E-state index >= 15 is 0 Å². The molecule has 0 bridgehead atoms. The zero-order chi connectivity index (χ0) is 8.81. The zero-order valence-corrected chi connectivity index (χ0v) is 7.51. The summed E-state index contributed by atoms with van der Waals surface area (Å²) in [6, 6.07) is 0. The third kappa shape index (κ3) is 3.09. The van der Waals surface area contributed by atoms with Gasteiger partial charge in [-0.2, -0.15) is 0 Å². The molecule has 0 aliphatic heterocycles. The van der Waals surface area contributed by atoms with Crippen molar-refractivity contribution >= 4 is 5.78 Å². The Kier molecular flexibility index (Phi) is 3.87. The van der Waals surface area contributed by atoms with Crippen molar-refractivity contribution in [2.45, 2.75) is 44.9 Å². The molecule has 1 fully saturated rings. The molecule has 0 N–H and O–H groups in total. The van der Waals surface area contributed by atoms with E-state index in [1.807, 2.05) is 0 Å². The predicted molar refractivity (Wildman–Crippen MR) is 49.6 cm³/mol. The van der Waals surface area contributed by atoms with Crippen LogP contribution in [0.4, 0.5) is 0 Å². The first-order valence-electron chi connectivity index (χ1n) is 4.78. The first kappa shape index (κ1) is 9.32. The highest BCUT2D eigenvalue weighted by Crippen LogP contribution is 2.24. The van der Waals surface area contributed by atoms with Gasteiger partial charge in [0.1, 0.15) is 5.78 Å². The van der Waals surface area contributed by atoms with Gasteiger partial charge in [0, 0.05) is 19.3 Å². The molecular formula is C11H16O. The molecule has 0 heterocycles. The average Bonchev–Trinajstić information content (AvgIpc) is 2.26. The maximum atomic E-state index is 11.2. The van der Waals surface area contributed by atoms with Crippen molar-refractivity contribution in [2.24, 2.45) is 5.92 Å². The largest absolute Gasteiger partial charge is 0.300 e. The van der Waals surface area contributed by atoms with E-state index in [-0.39, 0.29) is 0 Å². The normalized spacial score (nSPS) is 24.6. The highest BCUT2D eigenvalue weighted by molar-refractivity contribution is 5.78. The van der Waals surface area contributed by atoms with Crippen LogP contribution in [0.3, 0.4) is 0 Å². The smallest absolute Gasteiger partial charge is 0.133 e. The molecule has 1 unspecified atom stereocenters. The fraction of sp³-hybridized carbons (Fsp3) is 0.727. The molecular weight excluding hydrogens is 148 g/mol. The van der Waals surface area contributed by atoms with Crippen LogP contribution < -0.4 is 0 Å². The second-order valence-electron chi connectivity index (χ2n) is 3.60. The molecule has 0 radical (unpaired) electrons. The van der Waals surface area contributed by atoms with E-state index in [0.717, 1.165) is 32.1 Å². The van der Waals surface area contributed by atoms with Crippen LogP contribution in [-0.4, -0.2) is 5.78 Å². The van der Waals surface area contributed by atoms with Crippen LogP contribution in [0.25, 0.3) is 0 Å². The lowest BCUT2D eigenvalue weighted by Gasteiger charge is -2.09. The van der Waals surface area contributed by atoms with E-state index < -0.39 is 0 Å². The number of hydrogen-bond donors (Lipinski definition) is 0. The molecule has 1 atom stereocenters. The number of Topliss-reactive ketones (excluding diaryl/α,β-unsaturated/α-hetero) is 1. The quantitative estimate of drug-likeness (QED) is 0.453. The van der Waals surface area contributed by atoms with Crippen LogP contribution in [0, 0.1) is 18.3 Å². The Balaban J connectivity index is 2.32. The number of terminal acetylenes is 1. The van der Waals surface area contributed by atoms with Gasteiger partial charge in [-0.3, -0.25) is 4.79 Å². The lowest BCUT2D eigenvalue weighted by molar-refractivity contribution is -0.119. The topological polar surface area (TPSA) is 17.1 Å². The summed E-state index contributed by atoms with van der Waals surface area (Å²) < 4.78 is 0. The third-order valence-electron chi connectivity index (χ3n) is 2.53. The van der Waals surface area contributed by atoms with Crippen LogP contribution in [0.5, 0.6) is 0 Å². The van der Waals surface area contributed by atoms with E-state index in [2.05, 4.69) is 5.92 Å². The second-order valence-corrected chi connectivity index (χ2v) is 3.60. The van der Waals surface area contributed by atoms with Gasteiger partial charge in [0.15, 0.2) is 0 Å². The van der Waals surface area contributed by atoms with Crippen LogP contribution in [0.15, 0.2) is 0 Å². The van der Waals surface area contributed by atoms with Crippen molar-refractivity contribution in [1.29, 1.82) is 0 Å². The van der Waals surface area contributed by atoms with Crippen molar-refractivity contribution in [3.63, 3.8) is 0 Å². The molecule has 1 saturated carbocycles. The third-order valence-corrected chi connectivity index (χ3v) is 2.53.